The summed E-state index contributed by atoms with van der Waals surface area (Å²) in [5.41, 5.74) is 0.545. The van der Waals surface area contributed by atoms with E-state index in [-0.39, 0.29) is 52.5 Å². The van der Waals surface area contributed by atoms with Crippen LogP contribution in [-0.2, 0) is 28.5 Å². The Balaban J connectivity index is 1.81. The van der Waals surface area contributed by atoms with Gasteiger partial charge in [-0.2, -0.15) is 0 Å². The van der Waals surface area contributed by atoms with Crippen LogP contribution in [0.5, 0.6) is 0 Å². The predicted molar refractivity (Wildman–Crippen MR) is 183 cm³/mol. The highest BCUT2D eigenvalue weighted by Gasteiger charge is 2.70. The van der Waals surface area contributed by atoms with Crippen molar-refractivity contribution in [1.82, 2.24) is 0 Å². The number of allylic oxidation sites excluding steroid dienone is 2. The third kappa shape index (κ3) is 7.05. The number of rotatable bonds is 12. The third-order valence-electron chi connectivity index (χ3n) is 13.9. The van der Waals surface area contributed by atoms with Crippen LogP contribution in [0.25, 0.3) is 0 Å². The molecule has 4 aliphatic rings. The van der Waals surface area contributed by atoms with Gasteiger partial charge in [0.1, 0.15) is 12.2 Å². The number of aliphatic hydroxyl groups excluding tert-OH is 2. The quantitative estimate of drug-likeness (QED) is 0.127. The predicted octanol–water partition coefficient (Wildman–Crippen LogP) is 6.13. The van der Waals surface area contributed by atoms with Crippen LogP contribution in [0.1, 0.15) is 113 Å². The van der Waals surface area contributed by atoms with Gasteiger partial charge < -0.3 is 34.3 Å². The highest BCUT2D eigenvalue weighted by molar-refractivity contribution is 5.69. The Kier molecular flexibility index (Phi) is 11.7. The summed E-state index contributed by atoms with van der Waals surface area (Å²) in [5, 5.41) is 33.7. The van der Waals surface area contributed by atoms with E-state index < -0.39 is 42.3 Å². The van der Waals surface area contributed by atoms with Crippen LogP contribution in [0.15, 0.2) is 24.3 Å². The molecule has 13 atom stereocenters. The Hall–Kier alpha value is -1.78. The zero-order chi connectivity index (χ0) is 36.0. The van der Waals surface area contributed by atoms with Gasteiger partial charge in [0.2, 0.25) is 0 Å². The summed E-state index contributed by atoms with van der Waals surface area (Å²) in [7, 11) is 1.43. The summed E-state index contributed by atoms with van der Waals surface area (Å²) in [6, 6.07) is 0. The second-order valence-corrected chi connectivity index (χ2v) is 17.0. The Morgan fingerprint density at radius 3 is 2.27 bits per heavy atom. The summed E-state index contributed by atoms with van der Waals surface area (Å²) in [6.07, 6.45) is 1.26. The SMILES string of the molecule is C=C(CC[C@](C)(O)[C@H]1CC[C@]2(C)[C@@H]1[C@H](O[C@@H]1OC[C@@H](O)[C@H](O)[C@H]1OC(C)=O)C[C@@H]1[C@@](C)(CCC(=O)OC)[C@H](C(=C)C)CC[C@]12C)C(C)C. The fraction of sp³-hybridized carbons (Fsp3) is 0.846. The smallest absolute Gasteiger partial charge is 0.305 e. The molecule has 0 aromatic rings. The minimum atomic E-state index is -1.37. The molecule has 9 heteroatoms. The molecule has 1 heterocycles. The molecule has 1 aliphatic heterocycles. The van der Waals surface area contributed by atoms with Gasteiger partial charge in [-0.3, -0.25) is 9.59 Å². The Labute approximate surface area is 288 Å². The van der Waals surface area contributed by atoms with E-state index in [1.165, 1.54) is 14.0 Å². The first-order valence-electron chi connectivity index (χ1n) is 18.2. The topological polar surface area (TPSA) is 132 Å². The maximum atomic E-state index is 12.6. The van der Waals surface area contributed by atoms with Crippen molar-refractivity contribution < 1.29 is 43.9 Å². The zero-order valence-electron chi connectivity index (χ0n) is 31.0. The van der Waals surface area contributed by atoms with E-state index in [0.29, 0.717) is 31.6 Å². The molecule has 0 radical (unpaired) electrons. The lowest BCUT2D eigenvalue weighted by Crippen LogP contribution is -2.65. The van der Waals surface area contributed by atoms with Gasteiger partial charge in [-0.1, -0.05) is 58.9 Å². The molecular formula is C39H64O9. The molecular weight excluding hydrogens is 612 g/mol. The first-order valence-corrected chi connectivity index (χ1v) is 18.2. The van der Waals surface area contributed by atoms with Gasteiger partial charge in [-0.15, -0.1) is 0 Å². The summed E-state index contributed by atoms with van der Waals surface area (Å²) < 4.78 is 23.6. The van der Waals surface area contributed by atoms with Crippen molar-refractivity contribution in [3.8, 4) is 0 Å². The van der Waals surface area contributed by atoms with Crippen molar-refractivity contribution in [1.29, 1.82) is 0 Å². The normalized spacial score (nSPS) is 42.3. The van der Waals surface area contributed by atoms with Crippen molar-refractivity contribution >= 4 is 11.9 Å². The number of ether oxygens (including phenoxy) is 4. The summed E-state index contributed by atoms with van der Waals surface area (Å²) in [5.74, 6) is -0.356. The molecule has 3 aliphatic carbocycles. The molecule has 0 amide bonds. The molecule has 4 fully saturated rings. The molecule has 274 valence electrons. The number of carbonyl (C=O) groups excluding carboxylic acids is 2. The number of hydrogen-bond donors (Lipinski definition) is 3. The molecule has 0 unspecified atom stereocenters. The largest absolute Gasteiger partial charge is 0.469 e. The maximum Gasteiger partial charge on any atom is 0.305 e. The van der Waals surface area contributed by atoms with E-state index in [1.807, 2.05) is 6.92 Å². The number of methoxy groups -OCH3 is 1. The van der Waals surface area contributed by atoms with Crippen molar-refractivity contribution in [2.24, 2.45) is 45.8 Å². The van der Waals surface area contributed by atoms with E-state index in [0.717, 1.165) is 43.3 Å². The van der Waals surface area contributed by atoms with Crippen LogP contribution < -0.4 is 0 Å². The van der Waals surface area contributed by atoms with Crippen LogP contribution in [-0.4, -0.2) is 77.3 Å². The van der Waals surface area contributed by atoms with Gasteiger partial charge in [-0.05, 0) is 111 Å². The minimum Gasteiger partial charge on any atom is -0.469 e. The second-order valence-electron chi connectivity index (χ2n) is 17.0. The lowest BCUT2D eigenvalue weighted by atomic mass is 9.37. The maximum absolute atomic E-state index is 12.6. The molecule has 3 N–H and O–H groups in total. The molecule has 4 rings (SSSR count). The van der Waals surface area contributed by atoms with E-state index in [2.05, 4.69) is 54.7 Å². The van der Waals surface area contributed by atoms with Gasteiger partial charge >= 0.3 is 11.9 Å². The summed E-state index contributed by atoms with van der Waals surface area (Å²) in [6.45, 7) is 25.2. The van der Waals surface area contributed by atoms with Gasteiger partial charge in [0, 0.05) is 13.3 Å². The number of carbonyl (C=O) groups is 2. The fourth-order valence-electron chi connectivity index (χ4n) is 10.8. The lowest BCUT2D eigenvalue weighted by molar-refractivity contribution is -0.314. The monoisotopic (exact) mass is 676 g/mol. The molecule has 0 aromatic heterocycles. The highest BCUT2D eigenvalue weighted by Crippen LogP contribution is 2.74. The van der Waals surface area contributed by atoms with Crippen LogP contribution in [0, 0.1) is 45.8 Å². The number of aliphatic hydroxyl groups is 3. The minimum absolute atomic E-state index is 0.0714. The van der Waals surface area contributed by atoms with E-state index in [1.54, 1.807) is 0 Å². The van der Waals surface area contributed by atoms with E-state index >= 15 is 0 Å². The van der Waals surface area contributed by atoms with Crippen LogP contribution in [0.3, 0.4) is 0 Å². The first-order chi connectivity index (χ1) is 22.2. The Bertz CT molecular complexity index is 1210. The average molecular weight is 677 g/mol. The van der Waals surface area contributed by atoms with Crippen molar-refractivity contribution in [2.75, 3.05) is 13.7 Å². The highest BCUT2D eigenvalue weighted by atomic mass is 16.7. The van der Waals surface area contributed by atoms with E-state index in [4.69, 9.17) is 18.9 Å². The molecule has 0 aromatic carbocycles. The van der Waals surface area contributed by atoms with Gasteiger partial charge in [0.15, 0.2) is 12.4 Å². The molecule has 3 saturated carbocycles. The van der Waals surface area contributed by atoms with Gasteiger partial charge in [0.05, 0.1) is 25.4 Å². The van der Waals surface area contributed by atoms with Crippen LogP contribution in [0.2, 0.25) is 0 Å². The van der Waals surface area contributed by atoms with E-state index in [9.17, 15) is 24.9 Å². The molecule has 48 heavy (non-hydrogen) atoms. The Morgan fingerprint density at radius 1 is 1.04 bits per heavy atom. The number of esters is 2. The molecule has 9 nitrogen and oxygen atoms in total. The summed E-state index contributed by atoms with van der Waals surface area (Å²) >= 11 is 0. The molecule has 0 bridgehead atoms. The second kappa shape index (κ2) is 14.5. The molecule has 1 saturated heterocycles. The average Bonchev–Trinajstić information content (AvgIpc) is 3.39. The van der Waals surface area contributed by atoms with Crippen molar-refractivity contribution in [3.05, 3.63) is 24.3 Å². The third-order valence-corrected chi connectivity index (χ3v) is 13.9. The van der Waals surface area contributed by atoms with Gasteiger partial charge in [0.25, 0.3) is 0 Å². The first kappa shape index (κ1) is 39.0. The zero-order valence-corrected chi connectivity index (χ0v) is 31.0. The van der Waals surface area contributed by atoms with Crippen LogP contribution in [0.4, 0.5) is 0 Å². The number of hydrogen-bond acceptors (Lipinski definition) is 9. The lowest BCUT2D eigenvalue weighted by Gasteiger charge is -2.68. The van der Waals surface area contributed by atoms with Gasteiger partial charge in [-0.25, -0.2) is 0 Å². The summed E-state index contributed by atoms with van der Waals surface area (Å²) in [4.78, 5) is 24.7. The van der Waals surface area contributed by atoms with Crippen molar-refractivity contribution in [3.63, 3.8) is 0 Å². The van der Waals surface area contributed by atoms with Crippen LogP contribution >= 0.6 is 0 Å². The molecule has 0 spiro atoms. The fourth-order valence-corrected chi connectivity index (χ4v) is 10.8. The Morgan fingerprint density at radius 2 is 1.69 bits per heavy atom. The standard InChI is InChI=1S/C39H64O9/c1-22(2)24(5)12-19-39(10,44)27-14-18-38(9)32(27)29(48-35-34(47-25(6)40)33(43)28(41)21-46-35)20-30-36(7,16-15-31(42)45-11)26(23(3)4)13-17-37(30,38)8/h22,26-30,32-35,41,43-44H,3,5,12-21H2,1-2,4,6-11H3/t26-,27-,28+,29+,30+,32-,33-,34+,35-,36-,37+,38+,39-/m0/s1. The number of fused-ring (bicyclic) bond motifs is 3. The van der Waals surface area contributed by atoms with Crippen molar-refractivity contribution in [2.45, 2.75) is 149 Å².